The van der Waals surface area contributed by atoms with Gasteiger partial charge in [0.15, 0.2) is 0 Å². The predicted molar refractivity (Wildman–Crippen MR) is 114 cm³/mol. The van der Waals surface area contributed by atoms with Crippen molar-refractivity contribution in [1.82, 2.24) is 15.1 Å². The van der Waals surface area contributed by atoms with Crippen molar-refractivity contribution < 1.29 is 9.53 Å². The zero-order valence-electron chi connectivity index (χ0n) is 16.6. The van der Waals surface area contributed by atoms with Crippen LogP contribution in [0.4, 0.5) is 5.69 Å². The van der Waals surface area contributed by atoms with E-state index in [9.17, 15) is 4.79 Å². The average Bonchev–Trinajstić information content (AvgIpc) is 3.27. The Balaban J connectivity index is 1.36. The largest absolute Gasteiger partial charge is 0.497 e. The summed E-state index contributed by atoms with van der Waals surface area (Å²) in [5, 5.41) is 10.1. The molecule has 0 aliphatic carbocycles. The Morgan fingerprint density at radius 2 is 2.07 bits per heavy atom. The van der Waals surface area contributed by atoms with E-state index < -0.39 is 0 Å². The Bertz CT molecular complexity index is 938. The van der Waals surface area contributed by atoms with Crippen LogP contribution in [-0.2, 0) is 11.3 Å². The molecule has 1 fully saturated rings. The molecule has 0 saturated carbocycles. The number of nitrogens with one attached hydrogen (secondary N) is 2. The zero-order chi connectivity index (χ0) is 20.1. The fourth-order valence-corrected chi connectivity index (χ4v) is 3.82. The maximum atomic E-state index is 12.8. The normalized spacial score (nSPS) is 17.1. The SMILES string of the molecule is COc1cccc(-c2ccc(NC(=O)[C@H]3CCCN(Cc4ccn[nH]4)C3)cc2)c1. The number of nitrogens with zero attached hydrogens (tertiary/aromatic N) is 2. The number of rotatable bonds is 6. The van der Waals surface area contributed by atoms with Crippen LogP contribution in [0.2, 0.25) is 0 Å². The molecule has 4 rings (SSSR count). The van der Waals surface area contributed by atoms with Gasteiger partial charge >= 0.3 is 0 Å². The van der Waals surface area contributed by atoms with E-state index in [1.165, 1.54) is 0 Å². The number of hydrogen-bond donors (Lipinski definition) is 2. The van der Waals surface area contributed by atoms with E-state index in [1.54, 1.807) is 13.3 Å². The van der Waals surface area contributed by atoms with Crippen molar-refractivity contribution >= 4 is 11.6 Å². The zero-order valence-corrected chi connectivity index (χ0v) is 16.6. The van der Waals surface area contributed by atoms with Crippen LogP contribution in [0.1, 0.15) is 18.5 Å². The van der Waals surface area contributed by atoms with Crippen LogP contribution in [0, 0.1) is 5.92 Å². The van der Waals surface area contributed by atoms with Crippen molar-refractivity contribution in [2.24, 2.45) is 5.92 Å². The van der Waals surface area contributed by atoms with E-state index in [1.807, 2.05) is 54.6 Å². The molecule has 1 aliphatic heterocycles. The summed E-state index contributed by atoms with van der Waals surface area (Å²) in [4.78, 5) is 15.1. The van der Waals surface area contributed by atoms with Gasteiger partial charge < -0.3 is 10.1 Å². The van der Waals surface area contributed by atoms with E-state index >= 15 is 0 Å². The first kappa shape index (κ1) is 19.2. The molecular formula is C23H26N4O2. The number of benzene rings is 2. The van der Waals surface area contributed by atoms with E-state index in [0.717, 1.165) is 60.7 Å². The highest BCUT2D eigenvalue weighted by atomic mass is 16.5. The van der Waals surface area contributed by atoms with Gasteiger partial charge in [0, 0.05) is 30.7 Å². The van der Waals surface area contributed by atoms with Crippen molar-refractivity contribution in [3.63, 3.8) is 0 Å². The molecule has 0 unspecified atom stereocenters. The van der Waals surface area contributed by atoms with Crippen molar-refractivity contribution in [2.75, 3.05) is 25.5 Å². The second-order valence-corrected chi connectivity index (χ2v) is 7.45. The summed E-state index contributed by atoms with van der Waals surface area (Å²) in [5.74, 6) is 0.926. The third-order valence-electron chi connectivity index (χ3n) is 5.38. The lowest BCUT2D eigenvalue weighted by Crippen LogP contribution is -2.40. The lowest BCUT2D eigenvalue weighted by Gasteiger charge is -2.31. The van der Waals surface area contributed by atoms with E-state index in [-0.39, 0.29) is 11.8 Å². The van der Waals surface area contributed by atoms with Gasteiger partial charge in [-0.1, -0.05) is 24.3 Å². The second-order valence-electron chi connectivity index (χ2n) is 7.45. The van der Waals surface area contributed by atoms with Crippen LogP contribution in [-0.4, -0.2) is 41.2 Å². The van der Waals surface area contributed by atoms with Crippen molar-refractivity contribution in [1.29, 1.82) is 0 Å². The number of hydrogen-bond acceptors (Lipinski definition) is 4. The Morgan fingerprint density at radius 3 is 2.83 bits per heavy atom. The number of anilines is 1. The quantitative estimate of drug-likeness (QED) is 0.669. The Hall–Kier alpha value is -3.12. The molecule has 2 aromatic carbocycles. The number of carbonyl (C=O) groups is 1. The molecule has 6 heteroatoms. The first-order valence-corrected chi connectivity index (χ1v) is 9.97. The molecule has 2 heterocycles. The third kappa shape index (κ3) is 4.84. The highest BCUT2D eigenvalue weighted by Gasteiger charge is 2.26. The predicted octanol–water partition coefficient (Wildman–Crippen LogP) is 3.94. The van der Waals surface area contributed by atoms with Crippen LogP contribution >= 0.6 is 0 Å². The summed E-state index contributed by atoms with van der Waals surface area (Å²) >= 11 is 0. The highest BCUT2D eigenvalue weighted by molar-refractivity contribution is 5.93. The summed E-state index contributed by atoms with van der Waals surface area (Å²) in [6, 6.07) is 17.9. The van der Waals surface area contributed by atoms with Gasteiger partial charge in [0.05, 0.1) is 13.0 Å². The van der Waals surface area contributed by atoms with Crippen molar-refractivity contribution in [2.45, 2.75) is 19.4 Å². The number of ether oxygens (including phenoxy) is 1. The molecule has 2 N–H and O–H groups in total. The maximum absolute atomic E-state index is 12.8. The molecule has 1 saturated heterocycles. The number of carbonyl (C=O) groups excluding carboxylic acids is 1. The van der Waals surface area contributed by atoms with Gasteiger partial charge in [-0.15, -0.1) is 0 Å². The number of piperidine rings is 1. The van der Waals surface area contributed by atoms with Crippen molar-refractivity contribution in [3.05, 3.63) is 66.5 Å². The monoisotopic (exact) mass is 390 g/mol. The van der Waals surface area contributed by atoms with Gasteiger partial charge in [0.25, 0.3) is 0 Å². The summed E-state index contributed by atoms with van der Waals surface area (Å²) < 4.78 is 5.29. The van der Waals surface area contributed by atoms with Crippen LogP contribution in [0.5, 0.6) is 5.75 Å². The summed E-state index contributed by atoms with van der Waals surface area (Å²) in [6.45, 7) is 2.59. The van der Waals surface area contributed by atoms with Crippen molar-refractivity contribution in [3.8, 4) is 16.9 Å². The molecule has 0 spiro atoms. The number of aromatic amines is 1. The van der Waals surface area contributed by atoms with E-state index in [0.29, 0.717) is 0 Å². The number of amides is 1. The van der Waals surface area contributed by atoms with E-state index in [2.05, 4.69) is 20.4 Å². The molecule has 1 aromatic heterocycles. The summed E-state index contributed by atoms with van der Waals surface area (Å²) in [6.07, 6.45) is 3.72. The molecular weight excluding hydrogens is 364 g/mol. The minimum absolute atomic E-state index is 0.00438. The topological polar surface area (TPSA) is 70.2 Å². The number of methoxy groups -OCH3 is 1. The minimum Gasteiger partial charge on any atom is -0.497 e. The first-order chi connectivity index (χ1) is 14.2. The fourth-order valence-electron chi connectivity index (χ4n) is 3.82. The number of likely N-dealkylation sites (tertiary alicyclic amines) is 1. The Kier molecular flexibility index (Phi) is 5.91. The van der Waals surface area contributed by atoms with Crippen LogP contribution < -0.4 is 10.1 Å². The maximum Gasteiger partial charge on any atom is 0.228 e. The number of H-pyrrole nitrogens is 1. The molecule has 6 nitrogen and oxygen atoms in total. The van der Waals surface area contributed by atoms with Crippen LogP contribution in [0.15, 0.2) is 60.8 Å². The molecule has 1 aliphatic rings. The minimum atomic E-state index is 0.00438. The molecule has 150 valence electrons. The molecule has 29 heavy (non-hydrogen) atoms. The molecule has 0 radical (unpaired) electrons. The molecule has 1 amide bonds. The molecule has 0 bridgehead atoms. The van der Waals surface area contributed by atoms with Gasteiger partial charge in [-0.3, -0.25) is 14.8 Å². The smallest absolute Gasteiger partial charge is 0.228 e. The highest BCUT2D eigenvalue weighted by Crippen LogP contribution is 2.26. The van der Waals surface area contributed by atoms with E-state index in [4.69, 9.17) is 4.74 Å². The summed E-state index contributed by atoms with van der Waals surface area (Å²) in [7, 11) is 1.67. The van der Waals surface area contributed by atoms with Gasteiger partial charge in [-0.05, 0) is 60.8 Å². The number of aromatic nitrogens is 2. The average molecular weight is 390 g/mol. The first-order valence-electron chi connectivity index (χ1n) is 9.97. The lowest BCUT2D eigenvalue weighted by atomic mass is 9.96. The molecule has 1 atom stereocenters. The second kappa shape index (κ2) is 8.92. The lowest BCUT2D eigenvalue weighted by molar-refractivity contribution is -0.121. The van der Waals surface area contributed by atoms with Gasteiger partial charge in [-0.2, -0.15) is 5.10 Å². The molecule has 3 aromatic rings. The van der Waals surface area contributed by atoms with Crippen LogP contribution in [0.3, 0.4) is 0 Å². The van der Waals surface area contributed by atoms with Gasteiger partial charge in [0.1, 0.15) is 5.75 Å². The summed E-state index contributed by atoms with van der Waals surface area (Å²) in [5.41, 5.74) is 4.08. The Morgan fingerprint density at radius 1 is 1.21 bits per heavy atom. The van der Waals surface area contributed by atoms with Crippen LogP contribution in [0.25, 0.3) is 11.1 Å². The van der Waals surface area contributed by atoms with Gasteiger partial charge in [0.2, 0.25) is 5.91 Å². The Labute approximate surface area is 170 Å². The standard InChI is InChI=1S/C23H26N4O2/c1-29-22-6-2-4-18(14-22)17-7-9-20(10-8-17)25-23(28)19-5-3-13-27(15-19)16-21-11-12-24-26-21/h2,4,6-12,14,19H,3,5,13,15-16H2,1H3,(H,24,26)(H,25,28)/t19-/m0/s1. The fraction of sp³-hybridized carbons (Fsp3) is 0.304. The van der Waals surface area contributed by atoms with Gasteiger partial charge in [-0.25, -0.2) is 0 Å². The third-order valence-corrected chi connectivity index (χ3v) is 5.38.